The minimum Gasteiger partial charge on any atom is -0.311 e. The first-order chi connectivity index (χ1) is 14.2. The molecule has 4 aliphatic rings. The minimum absolute atomic E-state index is 0.259. The Morgan fingerprint density at radius 1 is 0.931 bits per heavy atom. The van der Waals surface area contributed by atoms with Gasteiger partial charge >= 0.3 is 0 Å². The number of likely N-dealkylation sites (tertiary alicyclic amines) is 1. The van der Waals surface area contributed by atoms with Crippen molar-refractivity contribution >= 4 is 11.6 Å². The molecule has 1 amide bonds. The molecule has 3 fully saturated rings. The molecule has 158 valence electrons. The quantitative estimate of drug-likeness (QED) is 0.682. The molecule has 1 unspecified atom stereocenters. The number of nitrogens with zero attached hydrogens (tertiary/aromatic N) is 2. The highest BCUT2D eigenvalue weighted by molar-refractivity contribution is 5.96. The van der Waals surface area contributed by atoms with Crippen LogP contribution < -0.4 is 4.90 Å². The van der Waals surface area contributed by atoms with Gasteiger partial charge in [-0.1, -0.05) is 50.3 Å². The summed E-state index contributed by atoms with van der Waals surface area (Å²) in [5.41, 5.74) is 2.87. The highest BCUT2D eigenvalue weighted by atomic mass is 16.2. The summed E-state index contributed by atoms with van der Waals surface area (Å²) in [5, 5.41) is 0. The van der Waals surface area contributed by atoms with Crippen molar-refractivity contribution in [2.45, 2.75) is 77.0 Å². The maximum atomic E-state index is 13.5. The highest BCUT2D eigenvalue weighted by Crippen LogP contribution is 2.44. The lowest BCUT2D eigenvalue weighted by Crippen LogP contribution is -2.55. The third-order valence-corrected chi connectivity index (χ3v) is 8.29. The van der Waals surface area contributed by atoms with Crippen molar-refractivity contribution < 1.29 is 4.79 Å². The predicted octanol–water partition coefficient (Wildman–Crippen LogP) is 5.43. The van der Waals surface area contributed by atoms with Crippen LogP contribution in [0.4, 0.5) is 5.69 Å². The number of amides is 1. The first-order valence-corrected chi connectivity index (χ1v) is 12.3. The monoisotopic (exact) mass is 394 g/mol. The summed E-state index contributed by atoms with van der Waals surface area (Å²) in [5.74, 6) is 1.59. The van der Waals surface area contributed by atoms with E-state index in [0.29, 0.717) is 5.91 Å². The molecule has 0 radical (unpaired) electrons. The van der Waals surface area contributed by atoms with Gasteiger partial charge in [0.15, 0.2) is 0 Å². The van der Waals surface area contributed by atoms with E-state index in [1.165, 1.54) is 88.7 Å². The second-order valence-electron chi connectivity index (χ2n) is 10.6. The van der Waals surface area contributed by atoms with Crippen LogP contribution >= 0.6 is 0 Å². The molecular formula is C26H38N2O. The second kappa shape index (κ2) is 8.41. The van der Waals surface area contributed by atoms with Crippen molar-refractivity contribution in [2.75, 3.05) is 31.1 Å². The number of fused-ring (bicyclic) bond motifs is 1. The Morgan fingerprint density at radius 2 is 1.69 bits per heavy atom. The fraction of sp³-hybridized carbons (Fsp3) is 0.731. The van der Waals surface area contributed by atoms with Gasteiger partial charge in [0.25, 0.3) is 0 Å². The maximum Gasteiger partial charge on any atom is 0.230 e. The Hall–Kier alpha value is -1.35. The Kier molecular flexibility index (Phi) is 5.69. The molecule has 29 heavy (non-hydrogen) atoms. The van der Waals surface area contributed by atoms with Crippen molar-refractivity contribution in [1.82, 2.24) is 4.90 Å². The lowest BCUT2D eigenvalue weighted by molar-refractivity contribution is -0.123. The number of para-hydroxylation sites is 1. The molecule has 0 N–H and O–H groups in total. The zero-order chi connectivity index (χ0) is 19.7. The van der Waals surface area contributed by atoms with Crippen LogP contribution in [0.2, 0.25) is 0 Å². The van der Waals surface area contributed by atoms with Gasteiger partial charge in [-0.2, -0.15) is 0 Å². The van der Waals surface area contributed by atoms with E-state index in [1.54, 1.807) is 0 Å². The molecule has 2 aliphatic carbocycles. The highest BCUT2D eigenvalue weighted by Gasteiger charge is 2.44. The SMILES string of the molecule is O=C(C1CCCC1)N1CC2(CCCN(CC3CCCCC3)C2)Cc2ccccc21. The van der Waals surface area contributed by atoms with E-state index in [9.17, 15) is 4.79 Å². The number of carbonyl (C=O) groups is 1. The Bertz CT molecular complexity index is 719. The van der Waals surface area contributed by atoms with Crippen LogP contribution in [0.25, 0.3) is 0 Å². The standard InChI is InChI=1S/C26H38N2O/c29-25(22-11-4-5-12-22)28-20-26(17-23-13-6-7-14-24(23)28)15-8-16-27(19-26)18-21-9-2-1-3-10-21/h6-7,13-14,21-22H,1-5,8-12,15-20H2. The van der Waals surface area contributed by atoms with Crippen molar-refractivity contribution in [2.24, 2.45) is 17.3 Å². The van der Waals surface area contributed by atoms with Gasteiger partial charge in [0.1, 0.15) is 0 Å². The first-order valence-electron chi connectivity index (χ1n) is 12.3. The molecule has 2 saturated carbocycles. The van der Waals surface area contributed by atoms with Gasteiger partial charge in [-0.05, 0) is 69.0 Å². The maximum absolute atomic E-state index is 13.5. The van der Waals surface area contributed by atoms with E-state index < -0.39 is 0 Å². The average Bonchev–Trinajstić information content (AvgIpc) is 3.28. The van der Waals surface area contributed by atoms with Crippen molar-refractivity contribution in [1.29, 1.82) is 0 Å². The van der Waals surface area contributed by atoms with Gasteiger partial charge in [-0.25, -0.2) is 0 Å². The van der Waals surface area contributed by atoms with Crippen LogP contribution in [0.1, 0.15) is 76.2 Å². The molecule has 3 heteroatoms. The van der Waals surface area contributed by atoms with E-state index >= 15 is 0 Å². The van der Waals surface area contributed by atoms with Crippen LogP contribution in [0, 0.1) is 17.3 Å². The number of benzene rings is 1. The second-order valence-corrected chi connectivity index (χ2v) is 10.6. The van der Waals surface area contributed by atoms with Crippen LogP contribution in [0.5, 0.6) is 0 Å². The third kappa shape index (κ3) is 4.13. The van der Waals surface area contributed by atoms with Crippen LogP contribution in [-0.2, 0) is 11.2 Å². The van der Waals surface area contributed by atoms with Gasteiger partial charge in [-0.15, -0.1) is 0 Å². The smallest absolute Gasteiger partial charge is 0.230 e. The topological polar surface area (TPSA) is 23.6 Å². The lowest BCUT2D eigenvalue weighted by Gasteiger charge is -2.50. The van der Waals surface area contributed by atoms with E-state index in [2.05, 4.69) is 34.1 Å². The largest absolute Gasteiger partial charge is 0.311 e. The fourth-order valence-corrected chi connectivity index (χ4v) is 6.87. The first kappa shape index (κ1) is 19.6. The fourth-order valence-electron chi connectivity index (χ4n) is 6.87. The normalized spacial score (nSPS) is 29.3. The number of carbonyl (C=O) groups excluding carboxylic acids is 1. The number of rotatable bonds is 3. The molecule has 2 heterocycles. The number of piperidine rings is 1. The summed E-state index contributed by atoms with van der Waals surface area (Å²) >= 11 is 0. The average molecular weight is 395 g/mol. The third-order valence-electron chi connectivity index (χ3n) is 8.29. The molecule has 0 bridgehead atoms. The number of anilines is 1. The molecule has 1 aromatic rings. The number of hydrogen-bond donors (Lipinski definition) is 0. The molecule has 1 spiro atoms. The van der Waals surface area contributed by atoms with Crippen LogP contribution in [0.3, 0.4) is 0 Å². The number of hydrogen-bond acceptors (Lipinski definition) is 2. The van der Waals surface area contributed by atoms with Gasteiger partial charge in [-0.3, -0.25) is 4.79 Å². The molecule has 1 saturated heterocycles. The van der Waals surface area contributed by atoms with E-state index in [0.717, 1.165) is 31.7 Å². The Balaban J connectivity index is 1.36. The molecular weight excluding hydrogens is 356 g/mol. The van der Waals surface area contributed by atoms with E-state index in [4.69, 9.17) is 0 Å². The summed E-state index contributed by atoms with van der Waals surface area (Å²) in [6.07, 6.45) is 15.5. The zero-order valence-corrected chi connectivity index (χ0v) is 18.1. The van der Waals surface area contributed by atoms with Crippen LogP contribution in [-0.4, -0.2) is 37.0 Å². The summed E-state index contributed by atoms with van der Waals surface area (Å²) in [6.45, 7) is 4.68. The predicted molar refractivity (Wildman–Crippen MR) is 119 cm³/mol. The summed E-state index contributed by atoms with van der Waals surface area (Å²) in [7, 11) is 0. The van der Waals surface area contributed by atoms with Gasteiger partial charge in [0.2, 0.25) is 5.91 Å². The van der Waals surface area contributed by atoms with E-state index in [1.807, 2.05) is 0 Å². The Labute approximate surface area is 176 Å². The summed E-state index contributed by atoms with van der Waals surface area (Å²) in [6, 6.07) is 8.75. The van der Waals surface area contributed by atoms with Gasteiger partial charge in [0, 0.05) is 36.7 Å². The molecule has 1 aromatic carbocycles. The van der Waals surface area contributed by atoms with Gasteiger partial charge in [0.05, 0.1) is 0 Å². The summed E-state index contributed by atoms with van der Waals surface area (Å²) < 4.78 is 0. The molecule has 1 atom stereocenters. The van der Waals surface area contributed by atoms with Crippen molar-refractivity contribution in [3.8, 4) is 0 Å². The zero-order valence-electron chi connectivity index (χ0n) is 18.1. The minimum atomic E-state index is 0.259. The van der Waals surface area contributed by atoms with Crippen LogP contribution in [0.15, 0.2) is 24.3 Å². The van der Waals surface area contributed by atoms with Gasteiger partial charge < -0.3 is 9.80 Å². The molecule has 5 rings (SSSR count). The van der Waals surface area contributed by atoms with Crippen molar-refractivity contribution in [3.05, 3.63) is 29.8 Å². The van der Waals surface area contributed by atoms with E-state index in [-0.39, 0.29) is 11.3 Å². The van der Waals surface area contributed by atoms with Crippen molar-refractivity contribution in [3.63, 3.8) is 0 Å². The molecule has 2 aliphatic heterocycles. The Morgan fingerprint density at radius 3 is 2.52 bits per heavy atom. The molecule has 3 nitrogen and oxygen atoms in total. The molecule has 0 aromatic heterocycles. The lowest BCUT2D eigenvalue weighted by atomic mass is 9.71. The summed E-state index contributed by atoms with van der Waals surface area (Å²) in [4.78, 5) is 18.5.